The molecule has 1 saturated carbocycles. The maximum Gasteiger partial charge on any atom is 0.274 e. The number of carbonyl (C=O) groups excluding carboxylic acids is 1. The highest BCUT2D eigenvalue weighted by Gasteiger charge is 2.41. The third kappa shape index (κ3) is 4.94. The van der Waals surface area contributed by atoms with Gasteiger partial charge in [-0.15, -0.1) is 9.24 Å². The number of benzene rings is 1. The normalized spacial score (nSPS) is 24.5. The Balaban J connectivity index is 1.43. The van der Waals surface area contributed by atoms with Crippen LogP contribution in [0.5, 0.6) is 0 Å². The summed E-state index contributed by atoms with van der Waals surface area (Å²) >= 11 is 0. The van der Waals surface area contributed by atoms with Gasteiger partial charge in [-0.3, -0.25) is 9.78 Å². The van der Waals surface area contributed by atoms with E-state index >= 15 is 4.39 Å². The van der Waals surface area contributed by atoms with Crippen molar-refractivity contribution in [2.24, 2.45) is 11.7 Å². The number of aromatic nitrogens is 2. The second-order valence-electron chi connectivity index (χ2n) is 10.1. The Labute approximate surface area is 220 Å². The van der Waals surface area contributed by atoms with Crippen LogP contribution in [0, 0.1) is 17.6 Å². The van der Waals surface area contributed by atoms with Crippen molar-refractivity contribution in [3.05, 3.63) is 71.2 Å². The van der Waals surface area contributed by atoms with Gasteiger partial charge in [-0.1, -0.05) is 6.92 Å². The first-order valence-electron chi connectivity index (χ1n) is 12.3. The summed E-state index contributed by atoms with van der Waals surface area (Å²) in [4.78, 5) is 21.4. The number of carbonyl (C=O) groups is 1. The SMILES string of the molecule is CC1CC(c2ccncc2NC(=O)c2ccc(F)c(-c3c(F)cc(C4(F)COC4)cc3P)n2)CC(N)C1O. The number of aliphatic hydroxyl groups is 1. The van der Waals surface area contributed by atoms with Gasteiger partial charge < -0.3 is 20.9 Å². The predicted molar refractivity (Wildman–Crippen MR) is 140 cm³/mol. The molecule has 2 fully saturated rings. The van der Waals surface area contributed by atoms with Crippen molar-refractivity contribution < 1.29 is 27.8 Å². The Morgan fingerprint density at radius 2 is 1.97 bits per heavy atom. The molecule has 2 aliphatic rings. The molecule has 1 aliphatic carbocycles. The van der Waals surface area contributed by atoms with E-state index in [1.807, 2.05) is 6.92 Å². The van der Waals surface area contributed by atoms with Gasteiger partial charge in [0.05, 0.1) is 31.2 Å². The molecule has 7 nitrogen and oxygen atoms in total. The van der Waals surface area contributed by atoms with Crippen LogP contribution in [0.25, 0.3) is 11.3 Å². The minimum atomic E-state index is -1.79. The molecule has 0 radical (unpaired) electrons. The standard InChI is InChI=1S/C27H28F3N4O3P/c1-13-6-14(7-19(31)25(13)35)16-4-5-32-10-21(16)34-26(36)20-3-2-17(28)24(33-20)23-18(29)8-15(9-22(23)38)27(30)11-37-12-27/h2-5,8-10,13-14,19,25,35H,6-7,11-12,31,38H2,1H3,(H,34,36). The summed E-state index contributed by atoms with van der Waals surface area (Å²) in [5, 5.41) is 13.2. The van der Waals surface area contributed by atoms with Gasteiger partial charge in [0, 0.05) is 17.8 Å². The van der Waals surface area contributed by atoms with Crippen LogP contribution in [0.3, 0.4) is 0 Å². The zero-order chi connectivity index (χ0) is 27.2. The van der Waals surface area contributed by atoms with E-state index < -0.39 is 35.4 Å². The molecule has 4 N–H and O–H groups in total. The molecule has 5 unspecified atom stereocenters. The first kappa shape index (κ1) is 26.7. The number of hydrogen-bond acceptors (Lipinski definition) is 6. The number of pyridine rings is 2. The van der Waals surface area contributed by atoms with E-state index in [0.717, 1.165) is 17.7 Å². The number of hydrogen-bond donors (Lipinski definition) is 3. The minimum absolute atomic E-state index is 0.00871. The zero-order valence-electron chi connectivity index (χ0n) is 20.6. The lowest BCUT2D eigenvalue weighted by Crippen LogP contribution is -2.44. The first-order chi connectivity index (χ1) is 18.1. The fraction of sp³-hybridized carbons (Fsp3) is 0.370. The van der Waals surface area contributed by atoms with Crippen LogP contribution >= 0.6 is 9.24 Å². The lowest BCUT2D eigenvalue weighted by molar-refractivity contribution is -0.135. The maximum absolute atomic E-state index is 15.1. The van der Waals surface area contributed by atoms with Crippen LogP contribution in [-0.2, 0) is 10.4 Å². The Hall–Kier alpha value is -2.91. The van der Waals surface area contributed by atoms with Crippen LogP contribution < -0.4 is 16.4 Å². The number of halogens is 3. The van der Waals surface area contributed by atoms with Gasteiger partial charge in [-0.25, -0.2) is 18.2 Å². The molecule has 3 aromatic rings. The number of amides is 1. The summed E-state index contributed by atoms with van der Waals surface area (Å²) in [6.07, 6.45) is 3.75. The van der Waals surface area contributed by atoms with E-state index in [0.29, 0.717) is 18.5 Å². The molecule has 1 saturated heterocycles. The second-order valence-corrected chi connectivity index (χ2v) is 10.7. The molecule has 200 valence electrons. The van der Waals surface area contributed by atoms with Crippen molar-refractivity contribution in [2.75, 3.05) is 18.5 Å². The van der Waals surface area contributed by atoms with Crippen LogP contribution in [0.4, 0.5) is 18.9 Å². The maximum atomic E-state index is 15.1. The minimum Gasteiger partial charge on any atom is -0.391 e. The predicted octanol–water partition coefficient (Wildman–Crippen LogP) is 3.57. The molecule has 5 rings (SSSR count). The zero-order valence-corrected chi connectivity index (χ0v) is 21.8. The van der Waals surface area contributed by atoms with Crippen molar-refractivity contribution >= 4 is 26.1 Å². The number of aliphatic hydroxyl groups excluding tert-OH is 1. The fourth-order valence-electron chi connectivity index (χ4n) is 5.21. The van der Waals surface area contributed by atoms with E-state index in [4.69, 9.17) is 10.5 Å². The van der Waals surface area contributed by atoms with E-state index in [2.05, 4.69) is 24.5 Å². The van der Waals surface area contributed by atoms with Gasteiger partial charge in [-0.2, -0.15) is 0 Å². The van der Waals surface area contributed by atoms with Crippen LogP contribution in [0.2, 0.25) is 0 Å². The van der Waals surface area contributed by atoms with E-state index in [-0.39, 0.29) is 52.9 Å². The topological polar surface area (TPSA) is 110 Å². The van der Waals surface area contributed by atoms with Crippen molar-refractivity contribution in [2.45, 2.75) is 43.5 Å². The highest BCUT2D eigenvalue weighted by molar-refractivity contribution is 7.28. The summed E-state index contributed by atoms with van der Waals surface area (Å²) in [5.41, 5.74) is 5.02. The Kier molecular flexibility index (Phi) is 7.26. The summed E-state index contributed by atoms with van der Waals surface area (Å²) in [6.45, 7) is 1.57. The van der Waals surface area contributed by atoms with Crippen molar-refractivity contribution in [1.82, 2.24) is 9.97 Å². The molecular formula is C27H28F3N4O3P. The lowest BCUT2D eigenvalue weighted by Gasteiger charge is -2.36. The van der Waals surface area contributed by atoms with Crippen LogP contribution in [0.1, 0.15) is 47.3 Å². The molecule has 3 heterocycles. The number of anilines is 1. The third-order valence-corrected chi connectivity index (χ3v) is 7.85. The van der Waals surface area contributed by atoms with Crippen LogP contribution in [-0.4, -0.2) is 46.3 Å². The molecular weight excluding hydrogens is 516 g/mol. The first-order valence-corrected chi connectivity index (χ1v) is 12.9. The molecule has 11 heteroatoms. The molecule has 5 atom stereocenters. The number of nitrogens with zero attached hydrogens (tertiary/aromatic N) is 2. The number of alkyl halides is 1. The summed E-state index contributed by atoms with van der Waals surface area (Å²) in [6, 6.07) is 6.06. The summed E-state index contributed by atoms with van der Waals surface area (Å²) in [5.74, 6) is -2.35. The summed E-state index contributed by atoms with van der Waals surface area (Å²) in [7, 11) is 2.28. The average Bonchev–Trinajstić information content (AvgIpc) is 2.86. The number of ether oxygens (including phenoxy) is 1. The molecule has 38 heavy (non-hydrogen) atoms. The number of nitrogens with two attached hydrogens (primary N) is 1. The molecule has 0 spiro atoms. The lowest BCUT2D eigenvalue weighted by atomic mass is 9.74. The van der Waals surface area contributed by atoms with Gasteiger partial charge in [0.1, 0.15) is 23.0 Å². The number of nitrogens with one attached hydrogen (secondary N) is 1. The molecule has 1 amide bonds. The molecule has 2 aromatic heterocycles. The molecule has 1 aromatic carbocycles. The van der Waals surface area contributed by atoms with Crippen molar-refractivity contribution in [3.63, 3.8) is 0 Å². The quantitative estimate of drug-likeness (QED) is 0.424. The van der Waals surface area contributed by atoms with Crippen molar-refractivity contribution in [3.8, 4) is 11.3 Å². The largest absolute Gasteiger partial charge is 0.391 e. The highest BCUT2D eigenvalue weighted by Crippen LogP contribution is 2.39. The second kappa shape index (κ2) is 10.3. The van der Waals surface area contributed by atoms with E-state index in [9.17, 15) is 18.7 Å². The van der Waals surface area contributed by atoms with Gasteiger partial charge in [0.15, 0.2) is 5.67 Å². The summed E-state index contributed by atoms with van der Waals surface area (Å²) < 4.78 is 49.6. The van der Waals surface area contributed by atoms with E-state index in [1.54, 1.807) is 12.3 Å². The van der Waals surface area contributed by atoms with Gasteiger partial charge >= 0.3 is 0 Å². The number of rotatable bonds is 5. The Morgan fingerprint density at radius 1 is 1.21 bits per heavy atom. The van der Waals surface area contributed by atoms with Gasteiger partial charge in [0.2, 0.25) is 0 Å². The fourth-order valence-corrected chi connectivity index (χ4v) is 5.66. The van der Waals surface area contributed by atoms with E-state index in [1.165, 1.54) is 18.3 Å². The smallest absolute Gasteiger partial charge is 0.274 e. The Morgan fingerprint density at radius 3 is 2.63 bits per heavy atom. The molecule has 1 aliphatic heterocycles. The molecule has 0 bridgehead atoms. The van der Waals surface area contributed by atoms with Gasteiger partial charge in [-0.05, 0) is 71.4 Å². The third-order valence-electron chi connectivity index (χ3n) is 7.39. The Bertz CT molecular complexity index is 1350. The monoisotopic (exact) mass is 544 g/mol. The van der Waals surface area contributed by atoms with Gasteiger partial charge in [0.25, 0.3) is 5.91 Å². The van der Waals surface area contributed by atoms with Crippen LogP contribution in [0.15, 0.2) is 42.7 Å². The van der Waals surface area contributed by atoms with Crippen molar-refractivity contribution in [1.29, 1.82) is 0 Å². The highest BCUT2D eigenvalue weighted by atomic mass is 31.0. The average molecular weight is 545 g/mol.